The SMILES string of the molecule is Cc1cccc2c(-c3ccc(C(F)(F)F)cc3)c(-c3ccc(C(F)(F)F)cc3/C(=C/c3ccc(C(F)(F)F)cc3)c3ccc(C(F)(F)F)cc3)nnc12. The molecule has 6 aromatic rings. The average molecular weight is 747 g/mol. The van der Waals surface area contributed by atoms with E-state index in [0.717, 1.165) is 66.7 Å². The van der Waals surface area contributed by atoms with Gasteiger partial charge in [-0.3, -0.25) is 0 Å². The molecule has 1 heterocycles. The monoisotopic (exact) mass is 746 g/mol. The number of fused-ring (bicyclic) bond motifs is 1. The lowest BCUT2D eigenvalue weighted by molar-refractivity contribution is -0.138. The number of halogens is 12. The molecule has 0 atom stereocenters. The largest absolute Gasteiger partial charge is 0.416 e. The standard InChI is InChI=1S/C39H22F12N2/c1-21-3-2-4-30-33(24-9-15-27(16-10-24)38(46,47)48)35(53-52-34(21)30)29-18-17-28(39(49,50)51)20-32(29)31(23-7-13-26(14-8-23)37(43,44)45)19-22-5-11-25(12-6-22)36(40,41)42/h2-20H,1H3/b31-19+. The van der Waals surface area contributed by atoms with E-state index in [1.54, 1.807) is 25.1 Å². The van der Waals surface area contributed by atoms with Crippen LogP contribution in [0.4, 0.5) is 52.7 Å². The maximum atomic E-state index is 14.3. The van der Waals surface area contributed by atoms with Crippen LogP contribution in [0.5, 0.6) is 0 Å². The van der Waals surface area contributed by atoms with Gasteiger partial charge in [-0.1, -0.05) is 60.7 Å². The Labute approximate surface area is 293 Å². The molecular formula is C39H22F12N2. The Bertz CT molecular complexity index is 2310. The van der Waals surface area contributed by atoms with E-state index in [1.165, 1.54) is 18.2 Å². The topological polar surface area (TPSA) is 25.8 Å². The first-order valence-electron chi connectivity index (χ1n) is 15.4. The second-order valence-electron chi connectivity index (χ2n) is 12.0. The minimum atomic E-state index is -4.94. The molecule has 53 heavy (non-hydrogen) atoms. The molecule has 1 aromatic heterocycles. The van der Waals surface area contributed by atoms with E-state index < -0.39 is 47.0 Å². The molecule has 14 heteroatoms. The smallest absolute Gasteiger partial charge is 0.166 e. The van der Waals surface area contributed by atoms with Crippen LogP contribution in [0, 0.1) is 6.92 Å². The van der Waals surface area contributed by atoms with E-state index >= 15 is 0 Å². The molecule has 0 aliphatic rings. The Balaban J connectivity index is 1.69. The Hall–Kier alpha value is -5.66. The third kappa shape index (κ3) is 7.76. The zero-order valence-electron chi connectivity index (χ0n) is 26.9. The minimum Gasteiger partial charge on any atom is -0.166 e. The number of aryl methyl sites for hydroxylation is 1. The van der Waals surface area contributed by atoms with Gasteiger partial charge in [-0.05, 0) is 94.9 Å². The van der Waals surface area contributed by atoms with E-state index in [1.807, 2.05) is 0 Å². The Kier molecular flexibility index (Phi) is 9.38. The van der Waals surface area contributed by atoms with Crippen LogP contribution in [0.15, 0.2) is 109 Å². The second kappa shape index (κ2) is 13.4. The molecule has 0 fully saturated rings. The maximum Gasteiger partial charge on any atom is 0.416 e. The summed E-state index contributed by atoms with van der Waals surface area (Å²) in [4.78, 5) is 0. The zero-order valence-corrected chi connectivity index (χ0v) is 26.9. The van der Waals surface area contributed by atoms with Crippen LogP contribution >= 0.6 is 0 Å². The highest BCUT2D eigenvalue weighted by Crippen LogP contribution is 2.44. The molecule has 0 aliphatic heterocycles. The summed E-state index contributed by atoms with van der Waals surface area (Å²) in [5.41, 5.74) is -3.42. The van der Waals surface area contributed by atoms with E-state index in [2.05, 4.69) is 10.2 Å². The third-order valence-corrected chi connectivity index (χ3v) is 8.46. The molecule has 0 unspecified atom stereocenters. The molecule has 0 bridgehead atoms. The van der Waals surface area contributed by atoms with Gasteiger partial charge < -0.3 is 0 Å². The molecule has 0 radical (unpaired) electrons. The fourth-order valence-electron chi connectivity index (χ4n) is 5.82. The van der Waals surface area contributed by atoms with Gasteiger partial charge >= 0.3 is 24.7 Å². The van der Waals surface area contributed by atoms with Gasteiger partial charge in [-0.15, -0.1) is 10.2 Å². The first kappa shape index (κ1) is 37.1. The summed E-state index contributed by atoms with van der Waals surface area (Å²) < 4.78 is 164. The van der Waals surface area contributed by atoms with E-state index in [4.69, 9.17) is 0 Å². The molecular weight excluding hydrogens is 724 g/mol. The van der Waals surface area contributed by atoms with Gasteiger partial charge in [0, 0.05) is 16.5 Å². The van der Waals surface area contributed by atoms with Crippen molar-refractivity contribution in [2.45, 2.75) is 31.6 Å². The van der Waals surface area contributed by atoms with Gasteiger partial charge in [0.15, 0.2) is 0 Å². The summed E-state index contributed by atoms with van der Waals surface area (Å²) in [7, 11) is 0. The van der Waals surface area contributed by atoms with Gasteiger partial charge in [0.1, 0.15) is 5.69 Å². The Morgan fingerprint density at radius 2 is 1.02 bits per heavy atom. The molecule has 0 amide bonds. The first-order chi connectivity index (χ1) is 24.7. The number of alkyl halides is 12. The summed E-state index contributed by atoms with van der Waals surface area (Å²) in [5.74, 6) is 0. The van der Waals surface area contributed by atoms with Crippen LogP contribution in [-0.4, -0.2) is 10.2 Å². The van der Waals surface area contributed by atoms with Crippen molar-refractivity contribution in [3.8, 4) is 22.4 Å². The van der Waals surface area contributed by atoms with Crippen molar-refractivity contribution in [2.75, 3.05) is 0 Å². The molecule has 5 aromatic carbocycles. The summed E-state index contributed by atoms with van der Waals surface area (Å²) in [6, 6.07) is 18.5. The Morgan fingerprint density at radius 1 is 0.528 bits per heavy atom. The fraction of sp³-hybridized carbons (Fsp3) is 0.128. The van der Waals surface area contributed by atoms with Crippen molar-refractivity contribution in [3.63, 3.8) is 0 Å². The van der Waals surface area contributed by atoms with Crippen LogP contribution in [0.2, 0.25) is 0 Å². The minimum absolute atomic E-state index is 0.0425. The van der Waals surface area contributed by atoms with Gasteiger partial charge in [0.25, 0.3) is 0 Å². The lowest BCUT2D eigenvalue weighted by Crippen LogP contribution is -2.08. The van der Waals surface area contributed by atoms with Crippen LogP contribution < -0.4 is 0 Å². The highest BCUT2D eigenvalue weighted by atomic mass is 19.4. The highest BCUT2D eigenvalue weighted by Gasteiger charge is 2.34. The second-order valence-corrected chi connectivity index (χ2v) is 12.0. The molecule has 0 N–H and O–H groups in total. The van der Waals surface area contributed by atoms with Crippen molar-refractivity contribution < 1.29 is 52.7 Å². The number of aromatic nitrogens is 2. The molecule has 0 saturated carbocycles. The van der Waals surface area contributed by atoms with Crippen molar-refractivity contribution in [1.82, 2.24) is 10.2 Å². The van der Waals surface area contributed by atoms with Gasteiger partial charge in [0.05, 0.1) is 27.8 Å². The van der Waals surface area contributed by atoms with Gasteiger partial charge in [-0.25, -0.2) is 0 Å². The predicted octanol–water partition coefficient (Wildman–Crippen LogP) is 12.9. The number of nitrogens with zero attached hydrogens (tertiary/aromatic N) is 2. The number of hydrogen-bond donors (Lipinski definition) is 0. The summed E-state index contributed by atoms with van der Waals surface area (Å²) >= 11 is 0. The van der Waals surface area contributed by atoms with Crippen LogP contribution in [0.3, 0.4) is 0 Å². The molecule has 0 spiro atoms. The quantitative estimate of drug-likeness (QED) is 0.130. The highest BCUT2D eigenvalue weighted by molar-refractivity contribution is 6.05. The zero-order chi connectivity index (χ0) is 38.5. The number of rotatable bonds is 5. The lowest BCUT2D eigenvalue weighted by Gasteiger charge is -2.20. The van der Waals surface area contributed by atoms with Crippen LogP contribution in [0.25, 0.3) is 44.9 Å². The Morgan fingerprint density at radius 3 is 1.55 bits per heavy atom. The fourth-order valence-corrected chi connectivity index (χ4v) is 5.82. The van der Waals surface area contributed by atoms with Gasteiger partial charge in [0.2, 0.25) is 0 Å². The summed E-state index contributed by atoms with van der Waals surface area (Å²) in [6.07, 6.45) is -17.9. The molecule has 2 nitrogen and oxygen atoms in total. The van der Waals surface area contributed by atoms with E-state index in [9.17, 15) is 52.7 Å². The molecule has 272 valence electrons. The van der Waals surface area contributed by atoms with Crippen molar-refractivity contribution in [3.05, 3.63) is 154 Å². The maximum absolute atomic E-state index is 14.3. The van der Waals surface area contributed by atoms with Crippen LogP contribution in [-0.2, 0) is 24.7 Å². The third-order valence-electron chi connectivity index (χ3n) is 8.46. The molecule has 0 aliphatic carbocycles. The first-order valence-corrected chi connectivity index (χ1v) is 15.4. The van der Waals surface area contributed by atoms with E-state index in [0.29, 0.717) is 28.6 Å². The summed E-state index contributed by atoms with van der Waals surface area (Å²) in [6.45, 7) is 1.70. The molecule has 6 rings (SSSR count). The van der Waals surface area contributed by atoms with Crippen molar-refractivity contribution in [2.24, 2.45) is 0 Å². The lowest BCUT2D eigenvalue weighted by atomic mass is 9.86. The van der Waals surface area contributed by atoms with E-state index in [-0.39, 0.29) is 44.6 Å². The number of benzene rings is 5. The van der Waals surface area contributed by atoms with Crippen molar-refractivity contribution in [1.29, 1.82) is 0 Å². The normalized spacial score (nSPS) is 13.1. The van der Waals surface area contributed by atoms with Crippen LogP contribution in [0.1, 0.15) is 44.5 Å². The predicted molar refractivity (Wildman–Crippen MR) is 175 cm³/mol. The summed E-state index contributed by atoms with van der Waals surface area (Å²) in [5, 5.41) is 9.03. The number of hydrogen-bond acceptors (Lipinski definition) is 2. The average Bonchev–Trinajstić information content (AvgIpc) is 3.09. The van der Waals surface area contributed by atoms with Gasteiger partial charge in [-0.2, -0.15) is 52.7 Å². The van der Waals surface area contributed by atoms with Crippen molar-refractivity contribution >= 4 is 22.6 Å². The molecule has 0 saturated heterocycles.